The highest BCUT2D eigenvalue weighted by molar-refractivity contribution is 7.91. The second-order valence-electron chi connectivity index (χ2n) is 7.01. The Labute approximate surface area is 207 Å². The monoisotopic (exact) mass is 510 g/mol. The number of sulfone groups is 1. The number of nitrogens with one attached hydrogen (secondary N) is 3. The molecule has 0 unspecified atom stereocenters. The average molecular weight is 511 g/mol. The maximum Gasteiger partial charge on any atom is 0.413 e. The Morgan fingerprint density at radius 2 is 1.31 bits per heavy atom. The molecule has 0 saturated heterocycles. The summed E-state index contributed by atoms with van der Waals surface area (Å²) < 4.78 is 35.4. The number of guanidine groups is 1. The first-order valence-electron chi connectivity index (χ1n) is 10.3. The molecule has 12 heteroatoms. The Kier molecular flexibility index (Phi) is 8.36. The van der Waals surface area contributed by atoms with Crippen LogP contribution in [0.15, 0.2) is 93.6 Å². The molecule has 3 amide bonds. The largest absolute Gasteiger partial charge is 0.453 e. The van der Waals surface area contributed by atoms with E-state index in [0.29, 0.717) is 5.56 Å². The number of nitrogens with zero attached hydrogens (tertiary/aromatic N) is 1. The normalized spacial score (nSPS) is 10.5. The van der Waals surface area contributed by atoms with Crippen LogP contribution in [0.5, 0.6) is 0 Å². The van der Waals surface area contributed by atoms with Crippen molar-refractivity contribution in [2.75, 3.05) is 19.5 Å². The number of aliphatic imine (C=N–C) groups is 1. The standard InChI is InChI=1S/C24H22N4O7S/c1-34-23(30)27-22(28-24(31)35-2)26-19-14-13-18(36(32,33)17-11-7-4-8-12-17)15-20(19)25-21(29)16-9-5-3-6-10-16/h3-15H,1-2H3,(H,25,29)(H2,26,27,28,30,31). The van der Waals surface area contributed by atoms with Gasteiger partial charge in [0.25, 0.3) is 5.91 Å². The van der Waals surface area contributed by atoms with Crippen LogP contribution in [0, 0.1) is 0 Å². The summed E-state index contributed by atoms with van der Waals surface area (Å²) in [7, 11) is -1.71. The van der Waals surface area contributed by atoms with E-state index in [4.69, 9.17) is 0 Å². The number of benzene rings is 3. The van der Waals surface area contributed by atoms with E-state index in [0.717, 1.165) is 14.2 Å². The Balaban J connectivity index is 2.10. The lowest BCUT2D eigenvalue weighted by Crippen LogP contribution is -2.43. The lowest BCUT2D eigenvalue weighted by atomic mass is 10.2. The summed E-state index contributed by atoms with van der Waals surface area (Å²) in [5, 5.41) is 7.05. The molecule has 0 aromatic heterocycles. The predicted octanol–water partition coefficient (Wildman–Crippen LogP) is 3.47. The number of carbonyl (C=O) groups is 3. The van der Waals surface area contributed by atoms with Crippen molar-refractivity contribution in [2.45, 2.75) is 9.79 Å². The van der Waals surface area contributed by atoms with Crippen molar-refractivity contribution in [3.05, 3.63) is 84.4 Å². The van der Waals surface area contributed by atoms with Crippen molar-refractivity contribution in [3.8, 4) is 0 Å². The molecule has 0 heterocycles. The molecule has 36 heavy (non-hydrogen) atoms. The van der Waals surface area contributed by atoms with Gasteiger partial charge in [-0.2, -0.15) is 0 Å². The summed E-state index contributed by atoms with van der Waals surface area (Å²) in [6, 6.07) is 19.8. The number of anilines is 1. The fourth-order valence-electron chi connectivity index (χ4n) is 2.90. The van der Waals surface area contributed by atoms with Crippen molar-refractivity contribution in [3.63, 3.8) is 0 Å². The molecule has 3 aromatic rings. The molecule has 0 radical (unpaired) electrons. The van der Waals surface area contributed by atoms with Crippen LogP contribution in [0.2, 0.25) is 0 Å². The molecule has 3 rings (SSSR count). The van der Waals surface area contributed by atoms with E-state index in [9.17, 15) is 22.8 Å². The molecular formula is C24H22N4O7S. The molecule has 0 fully saturated rings. The Morgan fingerprint density at radius 1 is 0.750 bits per heavy atom. The lowest BCUT2D eigenvalue weighted by Gasteiger charge is -2.13. The Hall–Kier alpha value is -4.71. The van der Waals surface area contributed by atoms with Crippen LogP contribution in [0.1, 0.15) is 10.4 Å². The van der Waals surface area contributed by atoms with Gasteiger partial charge in [-0.15, -0.1) is 0 Å². The number of hydrogen-bond donors (Lipinski definition) is 3. The van der Waals surface area contributed by atoms with E-state index in [1.54, 1.807) is 48.5 Å². The second kappa shape index (κ2) is 11.6. The van der Waals surface area contributed by atoms with Crippen LogP contribution >= 0.6 is 0 Å². The van der Waals surface area contributed by atoms with Crippen LogP contribution in [-0.2, 0) is 19.3 Å². The molecule has 0 spiro atoms. The Morgan fingerprint density at radius 3 is 1.86 bits per heavy atom. The number of carbonyl (C=O) groups excluding carboxylic acids is 3. The zero-order valence-electron chi connectivity index (χ0n) is 19.2. The van der Waals surface area contributed by atoms with Gasteiger partial charge in [0, 0.05) is 5.56 Å². The van der Waals surface area contributed by atoms with Gasteiger partial charge in [0.05, 0.1) is 35.4 Å². The van der Waals surface area contributed by atoms with E-state index >= 15 is 0 Å². The maximum atomic E-state index is 13.1. The zero-order chi connectivity index (χ0) is 26.1. The molecule has 186 valence electrons. The zero-order valence-corrected chi connectivity index (χ0v) is 20.0. The third-order valence-corrected chi connectivity index (χ3v) is 6.43. The molecule has 0 aliphatic carbocycles. The number of hydrogen-bond acceptors (Lipinski definition) is 8. The van der Waals surface area contributed by atoms with Gasteiger partial charge in [0.1, 0.15) is 0 Å². The predicted molar refractivity (Wildman–Crippen MR) is 131 cm³/mol. The highest BCUT2D eigenvalue weighted by atomic mass is 32.2. The van der Waals surface area contributed by atoms with Crippen molar-refractivity contribution in [1.29, 1.82) is 0 Å². The van der Waals surface area contributed by atoms with Crippen LogP contribution < -0.4 is 16.0 Å². The highest BCUT2D eigenvalue weighted by Crippen LogP contribution is 2.31. The number of ether oxygens (including phenoxy) is 2. The molecule has 11 nitrogen and oxygen atoms in total. The summed E-state index contributed by atoms with van der Waals surface area (Å²) in [4.78, 5) is 40.4. The topological polar surface area (TPSA) is 152 Å². The van der Waals surface area contributed by atoms with Gasteiger partial charge >= 0.3 is 12.2 Å². The van der Waals surface area contributed by atoms with E-state index in [1.807, 2.05) is 0 Å². The van der Waals surface area contributed by atoms with Gasteiger partial charge in [0.2, 0.25) is 15.8 Å². The first-order chi connectivity index (χ1) is 17.2. The third kappa shape index (κ3) is 6.45. The molecule has 3 N–H and O–H groups in total. The first-order valence-corrected chi connectivity index (χ1v) is 11.8. The van der Waals surface area contributed by atoms with Gasteiger partial charge in [-0.3, -0.25) is 15.4 Å². The summed E-state index contributed by atoms with van der Waals surface area (Å²) in [5.74, 6) is -0.924. The van der Waals surface area contributed by atoms with Crippen LogP contribution in [-0.4, -0.2) is 46.7 Å². The van der Waals surface area contributed by atoms with Crippen molar-refractivity contribution in [1.82, 2.24) is 10.6 Å². The van der Waals surface area contributed by atoms with Crippen molar-refractivity contribution in [2.24, 2.45) is 4.99 Å². The molecule has 0 atom stereocenters. The van der Waals surface area contributed by atoms with E-state index in [2.05, 4.69) is 30.4 Å². The average Bonchev–Trinajstić information content (AvgIpc) is 2.90. The van der Waals surface area contributed by atoms with Crippen LogP contribution in [0.25, 0.3) is 0 Å². The lowest BCUT2D eigenvalue weighted by molar-refractivity contribution is 0.102. The maximum absolute atomic E-state index is 13.1. The number of alkyl carbamates (subject to hydrolysis) is 2. The minimum Gasteiger partial charge on any atom is -0.453 e. The minimum absolute atomic E-state index is 0.00306. The molecule has 0 saturated carbocycles. The van der Waals surface area contributed by atoms with E-state index in [1.165, 1.54) is 30.3 Å². The summed E-state index contributed by atoms with van der Waals surface area (Å²) >= 11 is 0. The fourth-order valence-corrected chi connectivity index (χ4v) is 4.21. The smallest absolute Gasteiger partial charge is 0.413 e. The number of amides is 3. The quantitative estimate of drug-likeness (QED) is 0.351. The summed E-state index contributed by atoms with van der Waals surface area (Å²) in [5.41, 5.74) is 0.329. The van der Waals surface area contributed by atoms with Crippen LogP contribution in [0.3, 0.4) is 0 Å². The van der Waals surface area contributed by atoms with Gasteiger partial charge in [0.15, 0.2) is 0 Å². The minimum atomic E-state index is -3.93. The summed E-state index contributed by atoms with van der Waals surface area (Å²) in [6.45, 7) is 0. The van der Waals surface area contributed by atoms with Gasteiger partial charge in [-0.1, -0.05) is 36.4 Å². The number of methoxy groups -OCH3 is 2. The molecule has 0 bridgehead atoms. The molecule has 3 aromatic carbocycles. The second-order valence-corrected chi connectivity index (χ2v) is 8.96. The van der Waals surface area contributed by atoms with Gasteiger partial charge < -0.3 is 14.8 Å². The summed E-state index contributed by atoms with van der Waals surface area (Å²) in [6.07, 6.45) is -1.88. The molecule has 0 aliphatic rings. The third-order valence-electron chi connectivity index (χ3n) is 4.66. The van der Waals surface area contributed by atoms with Crippen molar-refractivity contribution >= 4 is 45.3 Å². The van der Waals surface area contributed by atoms with E-state index < -0.39 is 27.9 Å². The van der Waals surface area contributed by atoms with Crippen LogP contribution in [0.4, 0.5) is 21.0 Å². The Bertz CT molecular complexity index is 1370. The first kappa shape index (κ1) is 25.9. The number of rotatable bonds is 5. The SMILES string of the molecule is COC(=O)NC(=Nc1ccc(S(=O)(=O)c2ccccc2)cc1NC(=O)c1ccccc1)NC(=O)OC. The van der Waals surface area contributed by atoms with Crippen molar-refractivity contribution < 1.29 is 32.3 Å². The van der Waals surface area contributed by atoms with E-state index in [-0.39, 0.29) is 27.1 Å². The highest BCUT2D eigenvalue weighted by Gasteiger charge is 2.21. The fraction of sp³-hybridized carbons (Fsp3) is 0.0833. The molecule has 0 aliphatic heterocycles. The van der Waals surface area contributed by atoms with Gasteiger partial charge in [-0.25, -0.2) is 23.0 Å². The van der Waals surface area contributed by atoms with Gasteiger partial charge in [-0.05, 0) is 42.5 Å². The molecular weight excluding hydrogens is 488 g/mol.